The van der Waals surface area contributed by atoms with E-state index in [2.05, 4.69) is 24.3 Å². The van der Waals surface area contributed by atoms with Crippen LogP contribution >= 0.6 is 0 Å². The molecule has 1 aromatic carbocycles. The van der Waals surface area contributed by atoms with E-state index >= 15 is 0 Å². The lowest BCUT2D eigenvalue weighted by molar-refractivity contribution is -0.133. The standard InChI is InChI=1S/C23H20O5/c1-15(24)27-20-7-5-16(12-21(20)26-2)6-8-22(25)28-19-9-11-23-10-3-4-18(23)13-17(19)14-23/h3-9,11-13H,10,14H2,1-2H3/b8-6+. The van der Waals surface area contributed by atoms with Crippen molar-refractivity contribution in [3.05, 3.63) is 77.1 Å². The van der Waals surface area contributed by atoms with Gasteiger partial charge < -0.3 is 14.2 Å². The lowest BCUT2D eigenvalue weighted by atomic mass is 9.79. The van der Waals surface area contributed by atoms with Gasteiger partial charge in [-0.25, -0.2) is 4.79 Å². The van der Waals surface area contributed by atoms with Crippen molar-refractivity contribution in [3.8, 4) is 11.5 Å². The van der Waals surface area contributed by atoms with Gasteiger partial charge in [0.15, 0.2) is 11.5 Å². The van der Waals surface area contributed by atoms with E-state index in [1.54, 1.807) is 24.3 Å². The zero-order valence-corrected chi connectivity index (χ0v) is 15.7. The number of methoxy groups -OCH3 is 1. The van der Waals surface area contributed by atoms with Crippen LogP contribution in [0.3, 0.4) is 0 Å². The van der Waals surface area contributed by atoms with Crippen LogP contribution < -0.4 is 9.47 Å². The maximum absolute atomic E-state index is 12.3. The summed E-state index contributed by atoms with van der Waals surface area (Å²) in [5, 5.41) is 0. The van der Waals surface area contributed by atoms with Crippen LogP contribution in [0.5, 0.6) is 11.5 Å². The van der Waals surface area contributed by atoms with E-state index in [1.807, 2.05) is 6.08 Å². The van der Waals surface area contributed by atoms with Gasteiger partial charge in [-0.3, -0.25) is 4.79 Å². The predicted molar refractivity (Wildman–Crippen MR) is 104 cm³/mol. The van der Waals surface area contributed by atoms with Crippen molar-refractivity contribution in [2.24, 2.45) is 5.41 Å². The first kappa shape index (κ1) is 18.0. The van der Waals surface area contributed by atoms with Crippen molar-refractivity contribution >= 4 is 18.0 Å². The second-order valence-corrected chi connectivity index (χ2v) is 7.02. The molecule has 28 heavy (non-hydrogen) atoms. The zero-order valence-electron chi connectivity index (χ0n) is 15.7. The number of hydrogen-bond acceptors (Lipinski definition) is 5. The van der Waals surface area contributed by atoms with Gasteiger partial charge in [0.25, 0.3) is 0 Å². The Morgan fingerprint density at radius 1 is 1.14 bits per heavy atom. The summed E-state index contributed by atoms with van der Waals surface area (Å²) in [5.41, 5.74) is 3.17. The number of ether oxygens (including phenoxy) is 3. The summed E-state index contributed by atoms with van der Waals surface area (Å²) in [7, 11) is 1.49. The Balaban J connectivity index is 1.45. The topological polar surface area (TPSA) is 61.8 Å². The van der Waals surface area contributed by atoms with Crippen LogP contribution in [0.4, 0.5) is 0 Å². The number of allylic oxidation sites excluding steroid dienone is 7. The molecule has 1 spiro atoms. The molecule has 0 aliphatic heterocycles. The van der Waals surface area contributed by atoms with Crippen molar-refractivity contribution in [1.82, 2.24) is 0 Å². The second kappa shape index (κ2) is 7.00. The molecular weight excluding hydrogens is 356 g/mol. The second-order valence-electron chi connectivity index (χ2n) is 7.02. The molecule has 0 saturated heterocycles. The lowest BCUT2D eigenvalue weighted by Gasteiger charge is -2.25. The van der Waals surface area contributed by atoms with E-state index in [-0.39, 0.29) is 5.41 Å². The summed E-state index contributed by atoms with van der Waals surface area (Å²) in [6.07, 6.45) is 15.4. The van der Waals surface area contributed by atoms with Crippen LogP contribution in [-0.2, 0) is 14.3 Å². The Morgan fingerprint density at radius 3 is 2.79 bits per heavy atom. The molecule has 5 nitrogen and oxygen atoms in total. The van der Waals surface area contributed by atoms with E-state index in [0.717, 1.165) is 24.0 Å². The highest BCUT2D eigenvalue weighted by molar-refractivity contribution is 5.88. The molecule has 3 aliphatic rings. The third-order valence-corrected chi connectivity index (χ3v) is 5.12. The maximum atomic E-state index is 12.3. The van der Waals surface area contributed by atoms with E-state index in [0.29, 0.717) is 17.3 Å². The highest BCUT2D eigenvalue weighted by Crippen LogP contribution is 2.53. The van der Waals surface area contributed by atoms with Crippen molar-refractivity contribution < 1.29 is 23.8 Å². The maximum Gasteiger partial charge on any atom is 0.336 e. The molecule has 5 heteroatoms. The van der Waals surface area contributed by atoms with Crippen molar-refractivity contribution in [2.45, 2.75) is 19.8 Å². The fourth-order valence-electron chi connectivity index (χ4n) is 3.78. The summed E-state index contributed by atoms with van der Waals surface area (Å²) >= 11 is 0. The van der Waals surface area contributed by atoms with E-state index < -0.39 is 11.9 Å². The van der Waals surface area contributed by atoms with E-state index in [1.165, 1.54) is 25.7 Å². The molecule has 0 amide bonds. The van der Waals surface area contributed by atoms with Gasteiger partial charge in [-0.1, -0.05) is 30.4 Å². The number of hydrogen-bond donors (Lipinski definition) is 0. The summed E-state index contributed by atoms with van der Waals surface area (Å²) in [5.74, 6) is 0.476. The van der Waals surface area contributed by atoms with Gasteiger partial charge in [0.1, 0.15) is 5.76 Å². The van der Waals surface area contributed by atoms with Crippen LogP contribution in [0, 0.1) is 5.41 Å². The third-order valence-electron chi connectivity index (χ3n) is 5.12. The number of carbonyl (C=O) groups excluding carboxylic acids is 2. The van der Waals surface area contributed by atoms with Crippen LogP contribution in [0.15, 0.2) is 71.6 Å². The van der Waals surface area contributed by atoms with Gasteiger partial charge in [-0.15, -0.1) is 0 Å². The Kier molecular flexibility index (Phi) is 4.51. The molecule has 1 aromatic rings. The quantitative estimate of drug-likeness (QED) is 0.436. The Bertz CT molecular complexity index is 1010. The van der Waals surface area contributed by atoms with Crippen molar-refractivity contribution in [3.63, 3.8) is 0 Å². The Morgan fingerprint density at radius 2 is 2.00 bits per heavy atom. The number of esters is 2. The fourth-order valence-corrected chi connectivity index (χ4v) is 3.78. The fraction of sp³-hybridized carbons (Fsp3) is 0.217. The third kappa shape index (κ3) is 3.31. The molecule has 3 aliphatic carbocycles. The monoisotopic (exact) mass is 376 g/mol. The normalized spacial score (nSPS) is 21.7. The average molecular weight is 376 g/mol. The lowest BCUT2D eigenvalue weighted by Crippen LogP contribution is -2.15. The van der Waals surface area contributed by atoms with Crippen LogP contribution in [0.2, 0.25) is 0 Å². The zero-order chi connectivity index (χ0) is 19.7. The number of rotatable bonds is 5. The molecule has 0 fully saturated rings. The largest absolute Gasteiger partial charge is 0.493 e. The molecule has 0 N–H and O–H groups in total. The van der Waals surface area contributed by atoms with Crippen LogP contribution in [0.1, 0.15) is 25.3 Å². The van der Waals surface area contributed by atoms with Crippen molar-refractivity contribution in [2.75, 3.05) is 7.11 Å². The minimum atomic E-state index is -0.447. The van der Waals surface area contributed by atoms with Gasteiger partial charge >= 0.3 is 11.9 Å². The predicted octanol–water partition coefficient (Wildman–Crippen LogP) is 4.28. The van der Waals surface area contributed by atoms with Gasteiger partial charge in [0.2, 0.25) is 0 Å². The van der Waals surface area contributed by atoms with Gasteiger partial charge in [-0.2, -0.15) is 0 Å². The Labute approximate surface area is 163 Å². The molecule has 0 saturated carbocycles. The smallest absolute Gasteiger partial charge is 0.336 e. The molecule has 1 atom stereocenters. The summed E-state index contributed by atoms with van der Waals surface area (Å²) < 4.78 is 15.8. The number of fused-ring (bicyclic) bond motifs is 1. The first-order valence-electron chi connectivity index (χ1n) is 9.06. The molecule has 2 bridgehead atoms. The van der Waals surface area contributed by atoms with Crippen LogP contribution in [-0.4, -0.2) is 19.0 Å². The summed E-state index contributed by atoms with van der Waals surface area (Å²) in [4.78, 5) is 23.4. The Hall–Kier alpha value is -3.34. The van der Waals surface area contributed by atoms with Gasteiger partial charge in [-0.05, 0) is 53.8 Å². The molecule has 0 radical (unpaired) electrons. The van der Waals surface area contributed by atoms with E-state index in [4.69, 9.17) is 14.2 Å². The first-order chi connectivity index (χ1) is 13.5. The van der Waals surface area contributed by atoms with Gasteiger partial charge in [0, 0.05) is 18.4 Å². The highest BCUT2D eigenvalue weighted by atomic mass is 16.6. The average Bonchev–Trinajstić information content (AvgIpc) is 3.17. The number of benzene rings is 1. The molecule has 1 unspecified atom stereocenters. The molecule has 0 heterocycles. The minimum Gasteiger partial charge on any atom is -0.493 e. The summed E-state index contributed by atoms with van der Waals surface area (Å²) in [6.45, 7) is 1.32. The highest BCUT2D eigenvalue weighted by Gasteiger charge is 2.41. The minimum absolute atomic E-state index is 0.0846. The van der Waals surface area contributed by atoms with E-state index in [9.17, 15) is 9.59 Å². The first-order valence-corrected chi connectivity index (χ1v) is 9.06. The number of carbonyl (C=O) groups is 2. The van der Waals surface area contributed by atoms with Crippen LogP contribution in [0.25, 0.3) is 6.08 Å². The molecule has 142 valence electrons. The van der Waals surface area contributed by atoms with Gasteiger partial charge in [0.05, 0.1) is 7.11 Å². The summed E-state index contributed by atoms with van der Waals surface area (Å²) in [6, 6.07) is 5.03. The molecule has 4 rings (SSSR count). The molecule has 0 aromatic heterocycles. The molecular formula is C23H20O5. The SMILES string of the molecule is COc1cc(/C=C/C(=O)OC2=C3C=C4C=CCC4(C=C2)C3)ccc1OC(C)=O. The van der Waals surface area contributed by atoms with Crippen molar-refractivity contribution in [1.29, 1.82) is 0 Å².